The fourth-order valence-electron chi connectivity index (χ4n) is 3.05. The molecule has 102 valence electrons. The minimum absolute atomic E-state index is 0.277. The Balaban J connectivity index is 2.00. The second-order valence-electron chi connectivity index (χ2n) is 5.35. The Hall–Kier alpha value is -1.87. The van der Waals surface area contributed by atoms with Crippen molar-refractivity contribution in [2.24, 2.45) is 0 Å². The van der Waals surface area contributed by atoms with Crippen LogP contribution in [0.1, 0.15) is 28.2 Å². The van der Waals surface area contributed by atoms with Gasteiger partial charge in [-0.25, -0.2) is 4.98 Å². The highest BCUT2D eigenvalue weighted by Gasteiger charge is 2.32. The molecule has 4 rings (SSSR count). The third kappa shape index (κ3) is 1.81. The molecule has 0 bridgehead atoms. The minimum Gasteiger partial charge on any atom is -0.347 e. The van der Waals surface area contributed by atoms with Crippen molar-refractivity contribution in [2.75, 3.05) is 31.5 Å². The number of hydrogen-bond acceptors (Lipinski definition) is 3. The molecule has 1 aromatic carbocycles. The Bertz CT molecular complexity index is 793. The van der Waals surface area contributed by atoms with Crippen LogP contribution in [0.25, 0.3) is 0 Å². The fraction of sp³-hybridized carbons (Fsp3) is 0.353. The largest absolute Gasteiger partial charge is 0.347 e. The Morgan fingerprint density at radius 3 is 2.95 bits per heavy atom. The number of pyridine rings is 1. The van der Waals surface area contributed by atoms with Crippen molar-refractivity contribution >= 4 is 5.82 Å². The Labute approximate surface area is 125 Å². The first-order valence-corrected chi connectivity index (χ1v) is 6.86. The summed E-state index contributed by atoms with van der Waals surface area (Å²) in [7, 11) is 1.64. The summed E-state index contributed by atoms with van der Waals surface area (Å²) in [5, 5.41) is 0. The quantitative estimate of drug-likeness (QED) is 0.732. The summed E-state index contributed by atoms with van der Waals surface area (Å²) >= 11 is 0. The minimum atomic E-state index is -2.20. The van der Waals surface area contributed by atoms with Crippen LogP contribution in [0.4, 0.5) is 5.82 Å². The molecule has 1 aromatic heterocycles. The molecule has 2 aliphatic heterocycles. The lowest BCUT2D eigenvalue weighted by Gasteiger charge is -2.41. The van der Waals surface area contributed by atoms with E-state index in [0.717, 1.165) is 16.7 Å². The number of fused-ring (bicyclic) bond motifs is 5. The predicted octanol–water partition coefficient (Wildman–Crippen LogP) is 2.48. The number of likely N-dealkylation sites (N-methyl/N-ethyl adjacent to an activating group) is 1. The molecule has 3 nitrogen and oxygen atoms in total. The fourth-order valence-corrected chi connectivity index (χ4v) is 3.05. The molecule has 1 atom stereocenters. The topological polar surface area (TPSA) is 19.4 Å². The highest BCUT2D eigenvalue weighted by atomic mass is 15.3. The van der Waals surface area contributed by atoms with Crippen molar-refractivity contribution in [1.29, 1.82) is 0 Å². The van der Waals surface area contributed by atoms with Gasteiger partial charge < -0.3 is 9.80 Å². The van der Waals surface area contributed by atoms with Gasteiger partial charge in [0.05, 0.1) is 8.78 Å². The second-order valence-corrected chi connectivity index (χ2v) is 5.35. The monoisotopic (exact) mass is 269 g/mol. The smallest absolute Gasteiger partial charge is 0.132 e. The Morgan fingerprint density at radius 2 is 2.00 bits per heavy atom. The summed E-state index contributed by atoms with van der Waals surface area (Å²) in [5.41, 5.74) is 3.12. The third-order valence-corrected chi connectivity index (χ3v) is 4.01. The molecule has 0 amide bonds. The Kier molecular flexibility index (Phi) is 1.94. The van der Waals surface area contributed by atoms with Crippen LogP contribution in [-0.2, 0) is 6.42 Å². The number of nitrogens with zero attached hydrogens (tertiary/aromatic N) is 3. The standard InChI is InChI=1S/C17H19N3/c1-19-9-10-20-16(12-19)15-7-3-2-5-13(15)11-14-6-4-8-18-17(14)20/h2-8,16H,9-12H2,1H3/i9D2,10D2. The molecule has 0 radical (unpaired) electrons. The van der Waals surface area contributed by atoms with Crippen LogP contribution in [0, 0.1) is 0 Å². The summed E-state index contributed by atoms with van der Waals surface area (Å²) in [5.74, 6) is 0.542. The molecule has 0 spiro atoms. The maximum atomic E-state index is 8.59. The Morgan fingerprint density at radius 1 is 1.15 bits per heavy atom. The second kappa shape index (κ2) is 4.60. The molecule has 1 saturated heterocycles. The highest BCUT2D eigenvalue weighted by Crippen LogP contribution is 2.37. The molecule has 20 heavy (non-hydrogen) atoms. The van der Waals surface area contributed by atoms with E-state index in [2.05, 4.69) is 11.1 Å². The van der Waals surface area contributed by atoms with Crippen molar-refractivity contribution in [1.82, 2.24) is 9.88 Å². The van der Waals surface area contributed by atoms with E-state index in [0.29, 0.717) is 18.8 Å². The van der Waals surface area contributed by atoms with E-state index in [-0.39, 0.29) is 6.04 Å². The summed E-state index contributed by atoms with van der Waals surface area (Å²) in [6.45, 7) is -3.91. The van der Waals surface area contributed by atoms with Gasteiger partial charge in [0, 0.05) is 34.9 Å². The highest BCUT2D eigenvalue weighted by molar-refractivity contribution is 5.56. The zero-order chi connectivity index (χ0) is 17.1. The zero-order valence-electron chi connectivity index (χ0n) is 15.4. The molecule has 3 heteroatoms. The molecule has 2 aliphatic rings. The predicted molar refractivity (Wildman–Crippen MR) is 81.1 cm³/mol. The van der Waals surface area contributed by atoms with Crippen LogP contribution in [-0.4, -0.2) is 36.5 Å². The maximum absolute atomic E-state index is 8.59. The van der Waals surface area contributed by atoms with E-state index >= 15 is 0 Å². The maximum Gasteiger partial charge on any atom is 0.132 e. The first-order chi connectivity index (χ1) is 11.3. The molecule has 0 aliphatic carbocycles. The number of anilines is 1. The lowest BCUT2D eigenvalue weighted by Crippen LogP contribution is -2.47. The molecule has 1 fully saturated rings. The summed E-state index contributed by atoms with van der Waals surface area (Å²) < 4.78 is 33.8. The van der Waals surface area contributed by atoms with Crippen molar-refractivity contribution in [3.05, 3.63) is 59.3 Å². The van der Waals surface area contributed by atoms with Gasteiger partial charge in [-0.05, 0) is 29.8 Å². The van der Waals surface area contributed by atoms with E-state index < -0.39 is 13.0 Å². The average Bonchev–Trinajstić information content (AvgIpc) is 2.68. The van der Waals surface area contributed by atoms with E-state index in [9.17, 15) is 0 Å². The normalized spacial score (nSPS) is 29.6. The zero-order valence-corrected chi connectivity index (χ0v) is 11.4. The van der Waals surface area contributed by atoms with Gasteiger partial charge in [0.15, 0.2) is 0 Å². The number of piperazine rings is 1. The van der Waals surface area contributed by atoms with Crippen LogP contribution in [0.2, 0.25) is 0 Å². The summed E-state index contributed by atoms with van der Waals surface area (Å²) in [6.07, 6.45) is 2.32. The van der Waals surface area contributed by atoms with Gasteiger partial charge in [0.25, 0.3) is 0 Å². The van der Waals surface area contributed by atoms with E-state index in [1.165, 1.54) is 4.90 Å². The number of rotatable bonds is 0. The molecule has 0 N–H and O–H groups in total. The van der Waals surface area contributed by atoms with Gasteiger partial charge in [-0.1, -0.05) is 30.3 Å². The van der Waals surface area contributed by atoms with Gasteiger partial charge in [-0.2, -0.15) is 0 Å². The van der Waals surface area contributed by atoms with Gasteiger partial charge in [-0.15, -0.1) is 0 Å². The van der Waals surface area contributed by atoms with Crippen molar-refractivity contribution < 1.29 is 5.48 Å². The van der Waals surface area contributed by atoms with Crippen LogP contribution in [0.15, 0.2) is 42.6 Å². The van der Waals surface area contributed by atoms with Crippen molar-refractivity contribution in [2.45, 2.75) is 12.5 Å². The molecule has 0 saturated carbocycles. The molecular weight excluding hydrogens is 246 g/mol. The van der Waals surface area contributed by atoms with E-state index in [4.69, 9.17) is 5.48 Å². The molecule has 1 unspecified atom stereocenters. The average molecular weight is 269 g/mol. The number of hydrogen-bond donors (Lipinski definition) is 0. The van der Waals surface area contributed by atoms with Crippen LogP contribution < -0.4 is 4.90 Å². The molecular formula is C17H19N3. The number of benzene rings is 1. The van der Waals surface area contributed by atoms with E-state index in [1.54, 1.807) is 18.1 Å². The molecule has 3 heterocycles. The third-order valence-electron chi connectivity index (χ3n) is 4.01. The van der Waals surface area contributed by atoms with Gasteiger partial charge in [0.1, 0.15) is 5.82 Å². The van der Waals surface area contributed by atoms with E-state index in [1.807, 2.05) is 30.3 Å². The SMILES string of the molecule is [2H]C1([2H])N(C)CC2c3ccccc3Cc3cccnc3N2C1([2H])[2H]. The van der Waals surface area contributed by atoms with Crippen LogP contribution >= 0.6 is 0 Å². The summed E-state index contributed by atoms with van der Waals surface area (Å²) in [4.78, 5) is 7.45. The first-order valence-electron chi connectivity index (χ1n) is 8.86. The molecule has 2 aromatic rings. The van der Waals surface area contributed by atoms with Gasteiger partial charge in [0.2, 0.25) is 0 Å². The lowest BCUT2D eigenvalue weighted by atomic mass is 9.96. The van der Waals surface area contributed by atoms with Gasteiger partial charge >= 0.3 is 0 Å². The van der Waals surface area contributed by atoms with Crippen molar-refractivity contribution in [3.8, 4) is 0 Å². The first kappa shape index (κ1) is 8.42. The summed E-state index contributed by atoms with van der Waals surface area (Å²) in [6, 6.07) is 11.6. The van der Waals surface area contributed by atoms with Crippen LogP contribution in [0.3, 0.4) is 0 Å². The number of aromatic nitrogens is 1. The van der Waals surface area contributed by atoms with Crippen molar-refractivity contribution in [3.63, 3.8) is 0 Å². The van der Waals surface area contributed by atoms with Crippen LogP contribution in [0.5, 0.6) is 0 Å². The lowest BCUT2D eigenvalue weighted by molar-refractivity contribution is 0.268. The van der Waals surface area contributed by atoms with Gasteiger partial charge in [-0.3, -0.25) is 0 Å².